The molecular weight excluding hydrogens is 270 g/mol. The van der Waals surface area contributed by atoms with Gasteiger partial charge in [0.2, 0.25) is 0 Å². The number of rotatable bonds is 8. The summed E-state index contributed by atoms with van der Waals surface area (Å²) < 4.78 is 5.51. The van der Waals surface area contributed by atoms with E-state index in [-0.39, 0.29) is 0 Å². The molecule has 0 heterocycles. The van der Waals surface area contributed by atoms with Crippen LogP contribution in [0.15, 0.2) is 54.6 Å². The van der Waals surface area contributed by atoms with Crippen LogP contribution in [0.3, 0.4) is 0 Å². The summed E-state index contributed by atoms with van der Waals surface area (Å²) in [7, 11) is 1.76. The third-order valence-corrected chi connectivity index (χ3v) is 4.34. The Morgan fingerprint density at radius 2 is 1.73 bits per heavy atom. The lowest BCUT2D eigenvalue weighted by Gasteiger charge is -2.19. The molecule has 2 aromatic rings. The fourth-order valence-corrected chi connectivity index (χ4v) is 2.97. The molecule has 2 aromatic carbocycles. The van der Waals surface area contributed by atoms with Gasteiger partial charge in [0, 0.05) is 6.04 Å². The van der Waals surface area contributed by atoms with Crippen LogP contribution in [0, 0.1) is 5.92 Å². The number of methoxy groups -OCH3 is 1. The lowest BCUT2D eigenvalue weighted by atomic mass is 9.92. The number of hydrogen-bond donors (Lipinski definition) is 1. The third-order valence-electron chi connectivity index (χ3n) is 4.34. The minimum absolute atomic E-state index is 0.597. The van der Waals surface area contributed by atoms with E-state index in [0.717, 1.165) is 31.2 Å². The molecule has 3 rings (SSSR count). The first-order valence-corrected chi connectivity index (χ1v) is 8.24. The van der Waals surface area contributed by atoms with E-state index in [1.54, 1.807) is 7.11 Å². The van der Waals surface area contributed by atoms with Crippen molar-refractivity contribution in [1.29, 1.82) is 0 Å². The highest BCUT2D eigenvalue weighted by Crippen LogP contribution is 2.24. The van der Waals surface area contributed by atoms with Crippen LogP contribution in [0.2, 0.25) is 0 Å². The van der Waals surface area contributed by atoms with Gasteiger partial charge in [0.05, 0.1) is 7.11 Å². The zero-order valence-electron chi connectivity index (χ0n) is 13.3. The van der Waals surface area contributed by atoms with E-state index in [9.17, 15) is 0 Å². The maximum atomic E-state index is 5.51. The number of hydrogen-bond acceptors (Lipinski definition) is 2. The van der Waals surface area contributed by atoms with E-state index < -0.39 is 0 Å². The fraction of sp³-hybridized carbons (Fsp3) is 0.400. The molecule has 1 fully saturated rings. The van der Waals surface area contributed by atoms with Crippen molar-refractivity contribution in [2.24, 2.45) is 5.92 Å². The van der Waals surface area contributed by atoms with Crippen LogP contribution in [0.4, 0.5) is 0 Å². The van der Waals surface area contributed by atoms with Gasteiger partial charge in [-0.2, -0.15) is 0 Å². The predicted octanol–water partition coefficient (Wildman–Crippen LogP) is 3.85. The summed E-state index contributed by atoms with van der Waals surface area (Å²) in [5.74, 6) is 1.60. The maximum Gasteiger partial charge on any atom is 0.122 e. The Bertz CT molecular complexity index is 577. The first kappa shape index (κ1) is 15.1. The SMILES string of the molecule is COc1ccccc1CC(CNC1CC1)Cc1ccccc1. The molecule has 22 heavy (non-hydrogen) atoms. The Balaban J connectivity index is 1.69. The van der Waals surface area contributed by atoms with Gasteiger partial charge in [-0.3, -0.25) is 0 Å². The number of benzene rings is 2. The highest BCUT2D eigenvalue weighted by molar-refractivity contribution is 5.33. The van der Waals surface area contributed by atoms with Crippen LogP contribution in [0.5, 0.6) is 5.75 Å². The molecule has 2 heteroatoms. The molecule has 0 spiro atoms. The topological polar surface area (TPSA) is 21.3 Å². The van der Waals surface area contributed by atoms with Gasteiger partial charge in [0.1, 0.15) is 5.75 Å². The third kappa shape index (κ3) is 4.35. The zero-order chi connectivity index (χ0) is 15.2. The predicted molar refractivity (Wildman–Crippen MR) is 91.4 cm³/mol. The van der Waals surface area contributed by atoms with Gasteiger partial charge in [0.25, 0.3) is 0 Å². The van der Waals surface area contributed by atoms with Crippen LogP contribution < -0.4 is 10.1 Å². The molecule has 2 nitrogen and oxygen atoms in total. The van der Waals surface area contributed by atoms with Crippen LogP contribution in [0.1, 0.15) is 24.0 Å². The lowest BCUT2D eigenvalue weighted by Crippen LogP contribution is -2.27. The van der Waals surface area contributed by atoms with Gasteiger partial charge in [-0.25, -0.2) is 0 Å². The summed E-state index contributed by atoms with van der Waals surface area (Å²) in [5.41, 5.74) is 2.73. The van der Waals surface area contributed by atoms with E-state index in [1.165, 1.54) is 24.0 Å². The summed E-state index contributed by atoms with van der Waals surface area (Å²) in [4.78, 5) is 0. The number of para-hydroxylation sites is 1. The Labute approximate surface area is 133 Å². The maximum absolute atomic E-state index is 5.51. The lowest BCUT2D eigenvalue weighted by molar-refractivity contribution is 0.400. The van der Waals surface area contributed by atoms with E-state index in [1.807, 2.05) is 6.07 Å². The van der Waals surface area contributed by atoms with E-state index in [2.05, 4.69) is 53.8 Å². The van der Waals surface area contributed by atoms with Gasteiger partial charge >= 0.3 is 0 Å². The number of ether oxygens (including phenoxy) is 1. The summed E-state index contributed by atoms with van der Waals surface area (Å²) in [6.07, 6.45) is 4.84. The average molecular weight is 295 g/mol. The van der Waals surface area contributed by atoms with E-state index in [0.29, 0.717) is 5.92 Å². The van der Waals surface area contributed by atoms with Gasteiger partial charge in [-0.15, -0.1) is 0 Å². The van der Waals surface area contributed by atoms with E-state index >= 15 is 0 Å². The minimum atomic E-state index is 0.597. The van der Waals surface area contributed by atoms with Crippen LogP contribution in [-0.4, -0.2) is 19.7 Å². The fourth-order valence-electron chi connectivity index (χ4n) is 2.97. The molecule has 0 aromatic heterocycles. The van der Waals surface area contributed by atoms with Crippen LogP contribution >= 0.6 is 0 Å². The smallest absolute Gasteiger partial charge is 0.122 e. The highest BCUT2D eigenvalue weighted by atomic mass is 16.5. The van der Waals surface area contributed by atoms with Gasteiger partial charge in [-0.1, -0.05) is 48.5 Å². The Morgan fingerprint density at radius 1 is 1.00 bits per heavy atom. The van der Waals surface area contributed by atoms with Crippen molar-refractivity contribution in [2.75, 3.05) is 13.7 Å². The molecular formula is C20H25NO. The second kappa shape index (κ2) is 7.46. The molecule has 1 unspecified atom stereocenters. The summed E-state index contributed by atoms with van der Waals surface area (Å²) in [6.45, 7) is 1.08. The van der Waals surface area contributed by atoms with Crippen LogP contribution in [-0.2, 0) is 12.8 Å². The summed E-state index contributed by atoms with van der Waals surface area (Å²) in [6, 6.07) is 19.9. The molecule has 1 aliphatic rings. The second-order valence-electron chi connectivity index (χ2n) is 6.25. The zero-order valence-corrected chi connectivity index (χ0v) is 13.3. The Hall–Kier alpha value is -1.80. The van der Waals surface area contributed by atoms with Crippen molar-refractivity contribution < 1.29 is 4.74 Å². The van der Waals surface area contributed by atoms with Gasteiger partial charge in [-0.05, 0) is 55.3 Å². The molecule has 1 atom stereocenters. The molecule has 1 N–H and O–H groups in total. The van der Waals surface area contributed by atoms with Crippen molar-refractivity contribution >= 4 is 0 Å². The normalized spacial score (nSPS) is 15.5. The van der Waals surface area contributed by atoms with Crippen molar-refractivity contribution in [3.63, 3.8) is 0 Å². The Kier molecular flexibility index (Phi) is 5.12. The van der Waals surface area contributed by atoms with Crippen LogP contribution in [0.25, 0.3) is 0 Å². The van der Waals surface area contributed by atoms with Gasteiger partial charge < -0.3 is 10.1 Å². The van der Waals surface area contributed by atoms with Crippen molar-refractivity contribution in [3.05, 3.63) is 65.7 Å². The molecule has 0 saturated heterocycles. The molecule has 0 amide bonds. The summed E-state index contributed by atoms with van der Waals surface area (Å²) >= 11 is 0. The average Bonchev–Trinajstić information content (AvgIpc) is 3.38. The van der Waals surface area contributed by atoms with Crippen molar-refractivity contribution in [2.45, 2.75) is 31.7 Å². The number of nitrogens with one attached hydrogen (secondary N) is 1. The first-order chi connectivity index (χ1) is 10.8. The molecule has 116 valence electrons. The quantitative estimate of drug-likeness (QED) is 0.798. The molecule has 0 radical (unpaired) electrons. The monoisotopic (exact) mass is 295 g/mol. The molecule has 0 aliphatic heterocycles. The first-order valence-electron chi connectivity index (χ1n) is 8.24. The van der Waals surface area contributed by atoms with Gasteiger partial charge in [0.15, 0.2) is 0 Å². The standard InChI is InChI=1S/C20H25NO/c1-22-20-10-6-5-9-18(20)14-17(15-21-19-11-12-19)13-16-7-3-2-4-8-16/h2-10,17,19,21H,11-15H2,1H3. The minimum Gasteiger partial charge on any atom is -0.496 e. The molecule has 1 saturated carbocycles. The van der Waals surface area contributed by atoms with Crippen molar-refractivity contribution in [3.8, 4) is 5.75 Å². The second-order valence-corrected chi connectivity index (χ2v) is 6.25. The van der Waals surface area contributed by atoms with Crippen molar-refractivity contribution in [1.82, 2.24) is 5.32 Å². The highest BCUT2D eigenvalue weighted by Gasteiger charge is 2.22. The Morgan fingerprint density at radius 3 is 2.45 bits per heavy atom. The molecule has 0 bridgehead atoms. The molecule has 1 aliphatic carbocycles. The largest absolute Gasteiger partial charge is 0.496 e. The summed E-state index contributed by atoms with van der Waals surface area (Å²) in [5, 5.41) is 3.69. The van der Waals surface area contributed by atoms with E-state index in [4.69, 9.17) is 4.74 Å².